The Labute approximate surface area is 108 Å². The molecule has 0 amide bonds. The van der Waals surface area contributed by atoms with E-state index in [1.54, 1.807) is 6.92 Å². The summed E-state index contributed by atoms with van der Waals surface area (Å²) in [4.78, 5) is 11.8. The molecule has 0 saturated carbocycles. The third-order valence-corrected chi connectivity index (χ3v) is 7.28. The van der Waals surface area contributed by atoms with E-state index in [-0.39, 0.29) is 17.5 Å². The van der Waals surface area contributed by atoms with Crippen molar-refractivity contribution >= 4 is 13.1 Å². The number of rotatable bonds is 5. The van der Waals surface area contributed by atoms with E-state index >= 15 is 0 Å². The Hall–Kier alpha value is -1.26. The van der Waals surface area contributed by atoms with Crippen LogP contribution in [0.25, 0.3) is 0 Å². The first-order valence-corrected chi connectivity index (χ1v) is 8.16. The van der Waals surface area contributed by atoms with E-state index in [9.17, 15) is 9.36 Å². The zero-order valence-electron chi connectivity index (χ0n) is 10.4. The maximum atomic E-state index is 13.0. The van der Waals surface area contributed by atoms with Crippen LogP contribution in [0.1, 0.15) is 19.8 Å². The summed E-state index contributed by atoms with van der Waals surface area (Å²) in [6, 6.07) is 0. The second kappa shape index (κ2) is 5.16. The van der Waals surface area contributed by atoms with Crippen LogP contribution in [-0.2, 0) is 14.1 Å². The first-order valence-electron chi connectivity index (χ1n) is 6.13. The minimum Gasteiger partial charge on any atom is -0.449 e. The molecular weight excluding hydrogens is 247 g/mol. The number of hydrogen-bond donors (Lipinski definition) is 0. The van der Waals surface area contributed by atoms with Crippen LogP contribution in [0.5, 0.6) is 0 Å². The molecule has 0 fully saturated rings. The fourth-order valence-electron chi connectivity index (χ4n) is 2.11. The summed E-state index contributed by atoms with van der Waals surface area (Å²) < 4.78 is 18.0. The van der Waals surface area contributed by atoms with E-state index in [1.165, 1.54) is 0 Å². The summed E-state index contributed by atoms with van der Waals surface area (Å²) in [6.07, 6.45) is 14.1. The summed E-state index contributed by atoms with van der Waals surface area (Å²) in [5.41, 5.74) is 0.0854. The highest BCUT2D eigenvalue weighted by atomic mass is 31.2. The lowest BCUT2D eigenvalue weighted by molar-refractivity contribution is -0.142. The second-order valence-corrected chi connectivity index (χ2v) is 8.12. The van der Waals surface area contributed by atoms with Gasteiger partial charge in [-0.05, 0) is 19.8 Å². The summed E-state index contributed by atoms with van der Waals surface area (Å²) in [5.74, 6) is 1.89. The molecule has 2 rings (SSSR count). The SMILES string of the molecule is C#CC(C)OC(=O)CP(=O)(C1C=CC1)C1C=CC1. The Morgan fingerprint density at radius 1 is 1.44 bits per heavy atom. The Morgan fingerprint density at radius 3 is 2.28 bits per heavy atom. The maximum Gasteiger partial charge on any atom is 0.314 e. The van der Waals surface area contributed by atoms with Crippen LogP contribution in [0.3, 0.4) is 0 Å². The molecule has 0 heterocycles. The average molecular weight is 264 g/mol. The molecule has 0 radical (unpaired) electrons. The molecule has 0 N–H and O–H groups in total. The predicted molar refractivity (Wildman–Crippen MR) is 72.0 cm³/mol. The molecule has 2 aliphatic rings. The molecule has 3 unspecified atom stereocenters. The summed E-state index contributed by atoms with van der Waals surface area (Å²) >= 11 is 0. The normalized spacial score (nSPS) is 29.3. The van der Waals surface area contributed by atoms with Crippen LogP contribution in [0, 0.1) is 12.3 Å². The number of allylic oxidation sites excluding steroid dienone is 4. The second-order valence-electron chi connectivity index (χ2n) is 4.77. The largest absolute Gasteiger partial charge is 0.449 e. The molecule has 0 spiro atoms. The summed E-state index contributed by atoms with van der Waals surface area (Å²) in [6.45, 7) is 1.63. The van der Waals surface area contributed by atoms with E-state index in [0.29, 0.717) is 0 Å². The number of hydrogen-bond acceptors (Lipinski definition) is 3. The molecule has 3 atom stereocenters. The van der Waals surface area contributed by atoms with E-state index in [0.717, 1.165) is 12.8 Å². The fraction of sp³-hybridized carbons (Fsp3) is 0.500. The zero-order valence-corrected chi connectivity index (χ0v) is 11.3. The third kappa shape index (κ3) is 2.44. The van der Waals surface area contributed by atoms with Crippen molar-refractivity contribution in [3.8, 4) is 12.3 Å². The van der Waals surface area contributed by atoms with Crippen LogP contribution in [-0.4, -0.2) is 29.6 Å². The molecule has 0 aliphatic heterocycles. The van der Waals surface area contributed by atoms with Gasteiger partial charge < -0.3 is 9.30 Å². The van der Waals surface area contributed by atoms with Crippen molar-refractivity contribution in [1.82, 2.24) is 0 Å². The molecule has 0 aromatic carbocycles. The first-order chi connectivity index (χ1) is 8.56. The lowest BCUT2D eigenvalue weighted by atomic mass is 10.1. The monoisotopic (exact) mass is 264 g/mol. The lowest BCUT2D eigenvalue weighted by Gasteiger charge is -2.36. The van der Waals surface area contributed by atoms with E-state index in [4.69, 9.17) is 11.2 Å². The van der Waals surface area contributed by atoms with Gasteiger partial charge >= 0.3 is 5.97 Å². The molecule has 18 heavy (non-hydrogen) atoms. The van der Waals surface area contributed by atoms with Gasteiger partial charge in [0.2, 0.25) is 0 Å². The highest BCUT2D eigenvalue weighted by molar-refractivity contribution is 7.66. The van der Waals surface area contributed by atoms with Gasteiger partial charge in [0.05, 0.1) is 0 Å². The van der Waals surface area contributed by atoms with E-state index in [2.05, 4.69) is 5.92 Å². The van der Waals surface area contributed by atoms with E-state index in [1.807, 2.05) is 24.3 Å². The van der Waals surface area contributed by atoms with Crippen LogP contribution in [0.4, 0.5) is 0 Å². The molecule has 2 aliphatic carbocycles. The number of carbonyl (C=O) groups excluding carboxylic acids is 1. The quantitative estimate of drug-likeness (QED) is 0.332. The summed E-state index contributed by atoms with van der Waals surface area (Å²) in [5, 5.41) is 0. The number of esters is 1. The topological polar surface area (TPSA) is 43.4 Å². The highest BCUT2D eigenvalue weighted by Gasteiger charge is 2.43. The van der Waals surface area contributed by atoms with Crippen LogP contribution in [0.2, 0.25) is 0 Å². The van der Waals surface area contributed by atoms with Crippen molar-refractivity contribution in [2.24, 2.45) is 0 Å². The molecule has 0 bridgehead atoms. The Bertz CT molecular complexity index is 460. The van der Waals surface area contributed by atoms with Gasteiger partial charge in [-0.25, -0.2) is 0 Å². The van der Waals surface area contributed by atoms with Crippen molar-refractivity contribution < 1.29 is 14.1 Å². The average Bonchev–Trinajstić information content (AvgIpc) is 2.09. The van der Waals surface area contributed by atoms with Gasteiger partial charge in [-0.3, -0.25) is 4.79 Å². The molecule has 96 valence electrons. The minimum atomic E-state index is -2.57. The maximum absolute atomic E-state index is 13.0. The van der Waals surface area contributed by atoms with Crippen LogP contribution < -0.4 is 0 Å². The molecular formula is C14H17O3P. The standard InChI is InChI=1S/C14H17O3P/c1-3-11(2)17-14(15)10-18(16,12-6-4-7-12)13-8-5-9-13/h1,4-6,8,11-13H,7,9-10H2,2H3. The smallest absolute Gasteiger partial charge is 0.314 e. The fourth-order valence-corrected chi connectivity index (χ4v) is 5.34. The molecule has 0 aromatic heterocycles. The number of terminal acetylenes is 1. The lowest BCUT2D eigenvalue weighted by Crippen LogP contribution is -2.28. The first kappa shape index (κ1) is 13.2. The van der Waals surface area contributed by atoms with Gasteiger partial charge in [0.25, 0.3) is 0 Å². The van der Waals surface area contributed by atoms with Gasteiger partial charge in [-0.1, -0.05) is 30.2 Å². The van der Waals surface area contributed by atoms with Crippen LogP contribution >= 0.6 is 7.14 Å². The van der Waals surface area contributed by atoms with Crippen molar-refractivity contribution in [2.75, 3.05) is 6.16 Å². The van der Waals surface area contributed by atoms with Crippen molar-refractivity contribution in [3.63, 3.8) is 0 Å². The van der Waals surface area contributed by atoms with Gasteiger partial charge in [-0.15, -0.1) is 6.42 Å². The number of carbonyl (C=O) groups is 1. The third-order valence-electron chi connectivity index (χ3n) is 3.51. The highest BCUT2D eigenvalue weighted by Crippen LogP contribution is 2.62. The van der Waals surface area contributed by atoms with Crippen molar-refractivity contribution in [2.45, 2.75) is 37.2 Å². The molecule has 3 nitrogen and oxygen atoms in total. The van der Waals surface area contributed by atoms with Crippen molar-refractivity contribution in [3.05, 3.63) is 24.3 Å². The van der Waals surface area contributed by atoms with Crippen molar-refractivity contribution in [1.29, 1.82) is 0 Å². The molecule has 0 aromatic rings. The molecule has 0 saturated heterocycles. The minimum absolute atomic E-state index is 0.00301. The number of ether oxygens (including phenoxy) is 1. The van der Waals surface area contributed by atoms with Gasteiger partial charge in [0.1, 0.15) is 13.3 Å². The van der Waals surface area contributed by atoms with Crippen LogP contribution in [0.15, 0.2) is 24.3 Å². The van der Waals surface area contributed by atoms with Gasteiger partial charge in [0.15, 0.2) is 6.10 Å². The summed E-state index contributed by atoms with van der Waals surface area (Å²) in [7, 11) is -2.57. The Kier molecular flexibility index (Phi) is 3.78. The molecule has 4 heteroatoms. The predicted octanol–water partition coefficient (Wildman–Crippen LogP) is 2.57. The van der Waals surface area contributed by atoms with Gasteiger partial charge in [-0.2, -0.15) is 0 Å². The van der Waals surface area contributed by atoms with E-state index < -0.39 is 19.2 Å². The Balaban J connectivity index is 2.04. The Morgan fingerprint density at radius 2 is 1.94 bits per heavy atom. The van der Waals surface area contributed by atoms with Gasteiger partial charge in [0, 0.05) is 11.3 Å². The zero-order chi connectivity index (χ0) is 13.2.